The van der Waals surface area contributed by atoms with Crippen molar-refractivity contribution in [1.82, 2.24) is 10.6 Å². The summed E-state index contributed by atoms with van der Waals surface area (Å²) in [5.74, 6) is -0.341. The second-order valence-corrected chi connectivity index (χ2v) is 5.90. The first kappa shape index (κ1) is 19.3. The highest BCUT2D eigenvalue weighted by molar-refractivity contribution is 5.94. The molecule has 1 unspecified atom stereocenters. The van der Waals surface area contributed by atoms with Gasteiger partial charge in [-0.05, 0) is 33.1 Å². The quantitative estimate of drug-likeness (QED) is 0.345. The minimum Gasteiger partial charge on any atom is -0.463 e. The van der Waals surface area contributed by atoms with Crippen LogP contribution in [0, 0.1) is 0 Å². The van der Waals surface area contributed by atoms with Gasteiger partial charge < -0.3 is 15.4 Å². The molecule has 1 rings (SSSR count). The number of carbonyl (C=O) groups excluding carboxylic acids is 2. The van der Waals surface area contributed by atoms with Gasteiger partial charge in [-0.1, -0.05) is 38.2 Å². The molecule has 0 saturated heterocycles. The number of unbranched alkanes of at least 4 members (excludes halogenated alkanes) is 6. The highest BCUT2D eigenvalue weighted by Gasteiger charge is 2.30. The molecule has 0 aromatic rings. The molecule has 1 aliphatic heterocycles. The highest BCUT2D eigenvalue weighted by atomic mass is 16.5. The Morgan fingerprint density at radius 1 is 1.22 bits per heavy atom. The van der Waals surface area contributed by atoms with E-state index in [4.69, 9.17) is 4.74 Å². The van der Waals surface area contributed by atoms with Gasteiger partial charge in [-0.15, -0.1) is 6.58 Å². The number of hydrogen-bond donors (Lipinski definition) is 2. The summed E-state index contributed by atoms with van der Waals surface area (Å²) in [6.07, 6.45) is 10.8. The minimum absolute atomic E-state index is 0.245. The van der Waals surface area contributed by atoms with E-state index in [9.17, 15) is 9.59 Å². The van der Waals surface area contributed by atoms with Crippen LogP contribution in [0.2, 0.25) is 0 Å². The van der Waals surface area contributed by atoms with Gasteiger partial charge in [0.1, 0.15) is 0 Å². The molecule has 0 fully saturated rings. The lowest BCUT2D eigenvalue weighted by molar-refractivity contribution is -0.139. The zero-order valence-electron chi connectivity index (χ0n) is 14.5. The number of nitrogens with one attached hydrogen (secondary N) is 2. The lowest BCUT2D eigenvalue weighted by Crippen LogP contribution is -2.49. The summed E-state index contributed by atoms with van der Waals surface area (Å²) in [6.45, 7) is 7.59. The van der Waals surface area contributed by atoms with E-state index in [-0.39, 0.29) is 18.0 Å². The molecule has 130 valence electrons. The Hall–Kier alpha value is -1.78. The fourth-order valence-corrected chi connectivity index (χ4v) is 2.83. The maximum absolute atomic E-state index is 12.1. The number of allylic oxidation sites excluding steroid dienone is 2. The molecule has 5 heteroatoms. The van der Waals surface area contributed by atoms with Crippen LogP contribution in [0.5, 0.6) is 0 Å². The van der Waals surface area contributed by atoms with Crippen LogP contribution < -0.4 is 10.6 Å². The van der Waals surface area contributed by atoms with Gasteiger partial charge in [0.05, 0.1) is 18.2 Å². The van der Waals surface area contributed by atoms with Crippen LogP contribution in [0.15, 0.2) is 23.9 Å². The van der Waals surface area contributed by atoms with E-state index in [1.807, 2.05) is 6.08 Å². The Labute approximate surface area is 139 Å². The number of amides is 2. The lowest BCUT2D eigenvalue weighted by atomic mass is 9.96. The van der Waals surface area contributed by atoms with Gasteiger partial charge >= 0.3 is 12.0 Å². The molecule has 0 saturated carbocycles. The van der Waals surface area contributed by atoms with Crippen molar-refractivity contribution in [2.75, 3.05) is 6.61 Å². The van der Waals surface area contributed by atoms with E-state index >= 15 is 0 Å². The molecule has 0 bridgehead atoms. The molecule has 0 aromatic carbocycles. The predicted molar refractivity (Wildman–Crippen MR) is 91.9 cm³/mol. The summed E-state index contributed by atoms with van der Waals surface area (Å²) in [4.78, 5) is 23.7. The molecule has 1 aliphatic rings. The molecule has 1 heterocycles. The number of rotatable bonds is 11. The summed E-state index contributed by atoms with van der Waals surface area (Å²) < 4.78 is 5.10. The zero-order valence-corrected chi connectivity index (χ0v) is 14.5. The molecule has 0 aromatic heterocycles. The van der Waals surface area contributed by atoms with Crippen LogP contribution in [0.1, 0.15) is 65.2 Å². The van der Waals surface area contributed by atoms with E-state index in [2.05, 4.69) is 17.2 Å². The number of esters is 1. The summed E-state index contributed by atoms with van der Waals surface area (Å²) in [5.41, 5.74) is 1.15. The average molecular weight is 322 g/mol. The van der Waals surface area contributed by atoms with E-state index in [0.717, 1.165) is 25.7 Å². The summed E-state index contributed by atoms with van der Waals surface area (Å²) in [6, 6.07) is -0.492. The van der Waals surface area contributed by atoms with Gasteiger partial charge in [0.15, 0.2) is 0 Å². The van der Waals surface area contributed by atoms with E-state index in [1.165, 1.54) is 25.7 Å². The largest absolute Gasteiger partial charge is 0.463 e. The normalized spacial score (nSPS) is 17.5. The zero-order chi connectivity index (χ0) is 17.1. The molecule has 1 atom stereocenters. The second-order valence-electron chi connectivity index (χ2n) is 5.90. The third-order valence-corrected chi connectivity index (χ3v) is 4.01. The Morgan fingerprint density at radius 3 is 2.52 bits per heavy atom. The van der Waals surface area contributed by atoms with Crippen molar-refractivity contribution >= 4 is 12.0 Å². The smallest absolute Gasteiger partial charge is 0.337 e. The van der Waals surface area contributed by atoms with Crippen LogP contribution in [-0.2, 0) is 9.53 Å². The van der Waals surface area contributed by atoms with Gasteiger partial charge in [-0.3, -0.25) is 0 Å². The maximum atomic E-state index is 12.1. The molecular weight excluding hydrogens is 292 g/mol. The molecule has 0 aliphatic carbocycles. The van der Waals surface area contributed by atoms with Gasteiger partial charge in [0, 0.05) is 5.70 Å². The van der Waals surface area contributed by atoms with Crippen LogP contribution >= 0.6 is 0 Å². The topological polar surface area (TPSA) is 67.4 Å². The summed E-state index contributed by atoms with van der Waals surface area (Å²) in [7, 11) is 0. The predicted octanol–water partition coefficient (Wildman–Crippen LogP) is 3.81. The Morgan fingerprint density at radius 2 is 1.87 bits per heavy atom. The van der Waals surface area contributed by atoms with Crippen molar-refractivity contribution in [1.29, 1.82) is 0 Å². The molecule has 23 heavy (non-hydrogen) atoms. The summed E-state index contributed by atoms with van der Waals surface area (Å²) >= 11 is 0. The van der Waals surface area contributed by atoms with Crippen LogP contribution in [0.25, 0.3) is 0 Å². The average Bonchev–Trinajstić information content (AvgIpc) is 2.49. The molecule has 0 radical (unpaired) electrons. The molecular formula is C18H30N2O3. The van der Waals surface area contributed by atoms with Crippen molar-refractivity contribution in [2.45, 2.75) is 71.3 Å². The first-order valence-electron chi connectivity index (χ1n) is 8.66. The number of hydrogen-bond acceptors (Lipinski definition) is 3. The van der Waals surface area contributed by atoms with Gasteiger partial charge in [-0.25, -0.2) is 9.59 Å². The van der Waals surface area contributed by atoms with Crippen molar-refractivity contribution in [3.63, 3.8) is 0 Å². The first-order chi connectivity index (χ1) is 11.1. The van der Waals surface area contributed by atoms with Crippen molar-refractivity contribution in [3.8, 4) is 0 Å². The highest BCUT2D eigenvalue weighted by Crippen LogP contribution is 2.19. The molecule has 5 nitrogen and oxygen atoms in total. The van der Waals surface area contributed by atoms with Crippen molar-refractivity contribution < 1.29 is 14.3 Å². The van der Waals surface area contributed by atoms with Crippen molar-refractivity contribution in [2.24, 2.45) is 0 Å². The third-order valence-electron chi connectivity index (χ3n) is 4.01. The Bertz CT molecular complexity index is 444. The van der Waals surface area contributed by atoms with Crippen LogP contribution in [0.4, 0.5) is 4.79 Å². The van der Waals surface area contributed by atoms with Crippen LogP contribution in [0.3, 0.4) is 0 Å². The number of urea groups is 1. The van der Waals surface area contributed by atoms with Gasteiger partial charge in [0.2, 0.25) is 0 Å². The van der Waals surface area contributed by atoms with E-state index in [1.54, 1.807) is 13.8 Å². The third kappa shape index (κ3) is 6.89. The Balaban J connectivity index is 2.40. The molecule has 0 spiro atoms. The molecule has 2 N–H and O–H groups in total. The monoisotopic (exact) mass is 322 g/mol. The Kier molecular flexibility index (Phi) is 9.10. The summed E-state index contributed by atoms with van der Waals surface area (Å²) in [5, 5.41) is 5.48. The number of ether oxygens (including phenoxy) is 1. The van der Waals surface area contributed by atoms with E-state index in [0.29, 0.717) is 17.9 Å². The van der Waals surface area contributed by atoms with E-state index < -0.39 is 0 Å². The number of carbonyl (C=O) groups is 2. The fourth-order valence-electron chi connectivity index (χ4n) is 2.83. The second kappa shape index (κ2) is 10.9. The van der Waals surface area contributed by atoms with Gasteiger partial charge in [0.25, 0.3) is 0 Å². The first-order valence-corrected chi connectivity index (χ1v) is 8.66. The molecule has 2 amide bonds. The standard InChI is InChI=1S/C18H30N2O3/c1-4-6-7-8-9-10-11-12-13-15-16(17(21)23-5-2)14(3)19-18(22)20-15/h4,15H,1,5-13H2,2-3H3,(H2,19,20,22). The fraction of sp³-hybridized carbons (Fsp3) is 0.667. The van der Waals surface area contributed by atoms with Crippen LogP contribution in [-0.4, -0.2) is 24.6 Å². The SMILES string of the molecule is C=CCCCCCCCCC1NC(=O)NC(C)=C1C(=O)OCC. The van der Waals surface area contributed by atoms with Crippen molar-refractivity contribution in [3.05, 3.63) is 23.9 Å². The lowest BCUT2D eigenvalue weighted by Gasteiger charge is -2.27. The maximum Gasteiger partial charge on any atom is 0.337 e. The minimum atomic E-state index is -0.341. The van der Waals surface area contributed by atoms with Gasteiger partial charge in [-0.2, -0.15) is 0 Å².